The molecule has 0 saturated carbocycles. The lowest BCUT2D eigenvalue weighted by Crippen LogP contribution is -2.40. The molecule has 0 fully saturated rings. The lowest BCUT2D eigenvalue weighted by Gasteiger charge is -2.27. The van der Waals surface area contributed by atoms with Gasteiger partial charge >= 0.3 is 0 Å². The van der Waals surface area contributed by atoms with Crippen molar-refractivity contribution in [3.05, 3.63) is 71.8 Å². The van der Waals surface area contributed by atoms with Crippen LogP contribution in [0.4, 0.5) is 11.4 Å². The van der Waals surface area contributed by atoms with Crippen molar-refractivity contribution in [2.45, 2.75) is 6.92 Å². The van der Waals surface area contributed by atoms with E-state index in [2.05, 4.69) is 5.32 Å². The fourth-order valence-corrected chi connectivity index (χ4v) is 3.16. The van der Waals surface area contributed by atoms with Crippen LogP contribution in [0, 0.1) is 0 Å². The monoisotopic (exact) mass is 330 g/mol. The Morgan fingerprint density at radius 2 is 1.40 bits per heavy atom. The first-order valence-corrected chi connectivity index (χ1v) is 7.84. The van der Waals surface area contributed by atoms with Gasteiger partial charge in [-0.3, -0.25) is 14.4 Å². The third kappa shape index (κ3) is 2.37. The molecule has 0 unspecified atom stereocenters. The lowest BCUT2D eigenvalue weighted by molar-refractivity contribution is -0.114. The second kappa shape index (κ2) is 5.56. The summed E-state index contributed by atoms with van der Waals surface area (Å²) in [6, 6.07) is 17.5. The Hall–Kier alpha value is -3.47. The van der Waals surface area contributed by atoms with Crippen molar-refractivity contribution in [1.29, 1.82) is 0 Å². The van der Waals surface area contributed by atoms with Crippen LogP contribution in [0.1, 0.15) is 27.6 Å². The number of anilines is 2. The van der Waals surface area contributed by atoms with Gasteiger partial charge in [0.05, 0.1) is 5.69 Å². The predicted molar refractivity (Wildman–Crippen MR) is 95.8 cm³/mol. The number of nitrogens with one attached hydrogen (secondary N) is 1. The maximum absolute atomic E-state index is 12.9. The van der Waals surface area contributed by atoms with Crippen LogP contribution in [0.25, 0.3) is 10.8 Å². The second-order valence-corrected chi connectivity index (χ2v) is 5.88. The van der Waals surface area contributed by atoms with Crippen molar-refractivity contribution in [1.82, 2.24) is 0 Å². The molecule has 1 N–H and O–H groups in total. The van der Waals surface area contributed by atoms with E-state index in [0.29, 0.717) is 27.9 Å². The first-order chi connectivity index (χ1) is 12.1. The minimum absolute atomic E-state index is 0.182. The number of hydrogen-bond donors (Lipinski definition) is 1. The predicted octanol–water partition coefficient (Wildman–Crippen LogP) is 3.60. The Bertz CT molecular complexity index is 988. The summed E-state index contributed by atoms with van der Waals surface area (Å²) in [5, 5.41) is 4.23. The number of imide groups is 1. The molecule has 4 rings (SSSR count). The van der Waals surface area contributed by atoms with Crippen molar-refractivity contribution in [3.8, 4) is 0 Å². The lowest BCUT2D eigenvalue weighted by atomic mass is 9.94. The molecule has 3 amide bonds. The number of rotatable bonds is 2. The van der Waals surface area contributed by atoms with Crippen molar-refractivity contribution in [3.63, 3.8) is 0 Å². The smallest absolute Gasteiger partial charge is 0.265 e. The number of nitrogens with zero attached hydrogens (tertiary/aromatic N) is 1. The van der Waals surface area contributed by atoms with Crippen LogP contribution in [-0.4, -0.2) is 17.7 Å². The Labute approximate surface area is 143 Å². The summed E-state index contributed by atoms with van der Waals surface area (Å²) in [4.78, 5) is 38.1. The van der Waals surface area contributed by atoms with Gasteiger partial charge < -0.3 is 5.32 Å². The molecule has 3 aromatic carbocycles. The summed E-state index contributed by atoms with van der Waals surface area (Å²) in [6.07, 6.45) is 0. The summed E-state index contributed by atoms with van der Waals surface area (Å²) in [5.74, 6) is -0.873. The first kappa shape index (κ1) is 15.1. The summed E-state index contributed by atoms with van der Waals surface area (Å²) < 4.78 is 0. The van der Waals surface area contributed by atoms with E-state index in [4.69, 9.17) is 0 Å². The molecule has 1 aliphatic rings. The van der Waals surface area contributed by atoms with Crippen LogP contribution in [0.3, 0.4) is 0 Å². The number of amides is 3. The molecular formula is C20H14N2O3. The molecule has 0 atom stereocenters. The second-order valence-electron chi connectivity index (χ2n) is 5.88. The van der Waals surface area contributed by atoms with Gasteiger partial charge in [-0.25, -0.2) is 4.90 Å². The van der Waals surface area contributed by atoms with Crippen LogP contribution in [0.2, 0.25) is 0 Å². The van der Waals surface area contributed by atoms with Crippen molar-refractivity contribution in [2.75, 3.05) is 10.2 Å². The van der Waals surface area contributed by atoms with E-state index in [1.165, 1.54) is 11.8 Å². The molecular weight excluding hydrogens is 316 g/mol. The number of hydrogen-bond acceptors (Lipinski definition) is 3. The molecule has 25 heavy (non-hydrogen) atoms. The largest absolute Gasteiger partial charge is 0.326 e. The van der Waals surface area contributed by atoms with Crippen molar-refractivity contribution < 1.29 is 14.4 Å². The molecule has 3 aromatic rings. The van der Waals surface area contributed by atoms with Gasteiger partial charge in [-0.1, -0.05) is 24.3 Å². The average Bonchev–Trinajstić information content (AvgIpc) is 2.60. The minimum Gasteiger partial charge on any atom is -0.326 e. The maximum atomic E-state index is 12.9. The average molecular weight is 330 g/mol. The Balaban J connectivity index is 1.81. The van der Waals surface area contributed by atoms with Gasteiger partial charge in [-0.05, 0) is 41.8 Å². The van der Waals surface area contributed by atoms with Crippen LogP contribution < -0.4 is 10.2 Å². The van der Waals surface area contributed by atoms with Crippen molar-refractivity contribution >= 4 is 39.9 Å². The number of carbonyl (C=O) groups excluding carboxylic acids is 3. The van der Waals surface area contributed by atoms with E-state index in [-0.39, 0.29) is 17.7 Å². The normalized spacial score (nSPS) is 13.2. The Morgan fingerprint density at radius 3 is 1.92 bits per heavy atom. The van der Waals surface area contributed by atoms with E-state index in [1.807, 2.05) is 24.3 Å². The van der Waals surface area contributed by atoms with Crippen molar-refractivity contribution in [2.24, 2.45) is 0 Å². The van der Waals surface area contributed by atoms with E-state index in [0.717, 1.165) is 5.39 Å². The SMILES string of the molecule is CC(=O)Nc1ccc(N2C(=O)c3cccc4cccc(c34)C2=O)cc1. The molecule has 1 heterocycles. The standard InChI is InChI=1S/C20H14N2O3/c1-12(23)21-14-8-10-15(11-9-14)22-19(24)16-6-2-4-13-5-3-7-17(18(13)16)20(22)25/h2-11H,1H3,(H,21,23). The highest BCUT2D eigenvalue weighted by Crippen LogP contribution is 2.33. The highest BCUT2D eigenvalue weighted by Gasteiger charge is 2.33. The van der Waals surface area contributed by atoms with E-state index >= 15 is 0 Å². The summed E-state index contributed by atoms with van der Waals surface area (Å²) in [6.45, 7) is 1.42. The molecule has 0 bridgehead atoms. The highest BCUT2D eigenvalue weighted by atomic mass is 16.2. The van der Waals surface area contributed by atoms with Gasteiger partial charge in [0.15, 0.2) is 0 Å². The zero-order valence-corrected chi connectivity index (χ0v) is 13.4. The third-order valence-corrected chi connectivity index (χ3v) is 4.22. The summed E-state index contributed by atoms with van der Waals surface area (Å²) >= 11 is 0. The van der Waals surface area contributed by atoms with E-state index < -0.39 is 0 Å². The molecule has 0 spiro atoms. The maximum Gasteiger partial charge on any atom is 0.265 e. The topological polar surface area (TPSA) is 66.5 Å². The number of benzene rings is 3. The fourth-order valence-electron chi connectivity index (χ4n) is 3.16. The Kier molecular flexibility index (Phi) is 3.35. The third-order valence-electron chi connectivity index (χ3n) is 4.22. The molecule has 122 valence electrons. The van der Waals surface area contributed by atoms with Crippen LogP contribution >= 0.6 is 0 Å². The molecule has 0 aliphatic carbocycles. The van der Waals surface area contributed by atoms with Gasteiger partial charge in [0.25, 0.3) is 11.8 Å². The van der Waals surface area contributed by atoms with Crippen LogP contribution in [-0.2, 0) is 4.79 Å². The summed E-state index contributed by atoms with van der Waals surface area (Å²) in [5.41, 5.74) is 2.10. The zero-order valence-electron chi connectivity index (χ0n) is 13.4. The summed E-state index contributed by atoms with van der Waals surface area (Å²) in [7, 11) is 0. The molecule has 5 nitrogen and oxygen atoms in total. The van der Waals surface area contributed by atoms with Gasteiger partial charge in [-0.2, -0.15) is 0 Å². The first-order valence-electron chi connectivity index (χ1n) is 7.84. The van der Waals surface area contributed by atoms with Gasteiger partial charge in [0.2, 0.25) is 5.91 Å². The van der Waals surface area contributed by atoms with Gasteiger partial charge in [0, 0.05) is 29.1 Å². The zero-order chi connectivity index (χ0) is 17.6. The quantitative estimate of drug-likeness (QED) is 0.730. The molecule has 0 saturated heterocycles. The van der Waals surface area contributed by atoms with Gasteiger partial charge in [0.1, 0.15) is 0 Å². The van der Waals surface area contributed by atoms with E-state index in [9.17, 15) is 14.4 Å². The fraction of sp³-hybridized carbons (Fsp3) is 0.0500. The number of carbonyl (C=O) groups is 3. The van der Waals surface area contributed by atoms with Gasteiger partial charge in [-0.15, -0.1) is 0 Å². The molecule has 0 aromatic heterocycles. The highest BCUT2D eigenvalue weighted by molar-refractivity contribution is 6.35. The Morgan fingerprint density at radius 1 is 0.840 bits per heavy atom. The van der Waals surface area contributed by atoms with Crippen LogP contribution in [0.5, 0.6) is 0 Å². The van der Waals surface area contributed by atoms with Crippen LogP contribution in [0.15, 0.2) is 60.7 Å². The molecule has 1 aliphatic heterocycles. The van der Waals surface area contributed by atoms with E-state index in [1.54, 1.807) is 36.4 Å². The molecule has 0 radical (unpaired) electrons. The minimum atomic E-state index is -0.346. The molecule has 5 heteroatoms.